The van der Waals surface area contributed by atoms with Crippen LogP contribution in [0.3, 0.4) is 0 Å². The first-order chi connectivity index (χ1) is 4.88. The van der Waals surface area contributed by atoms with Crippen LogP contribution in [-0.4, -0.2) is 4.57 Å². The van der Waals surface area contributed by atoms with Crippen molar-refractivity contribution in [2.45, 2.75) is 0 Å². The summed E-state index contributed by atoms with van der Waals surface area (Å²) in [6.45, 7) is 0. The predicted molar refractivity (Wildman–Crippen MR) is 41.8 cm³/mol. The molecule has 0 aliphatic carbocycles. The van der Waals surface area contributed by atoms with Gasteiger partial charge in [0.1, 0.15) is 0 Å². The number of nitrogens with zero attached hydrogens (tertiary/aromatic N) is 1. The third-order valence-electron chi connectivity index (χ3n) is 1.71. The molecule has 0 N–H and O–H groups in total. The molecule has 0 atom stereocenters. The molecule has 1 nitrogen and oxygen atoms in total. The number of rotatable bonds is 0. The zero-order chi connectivity index (χ0) is 6.97. The molecule has 1 aromatic heterocycles. The van der Waals surface area contributed by atoms with E-state index >= 15 is 0 Å². The molecule has 0 saturated heterocycles. The lowest BCUT2D eigenvalue weighted by molar-refractivity contribution is 0.960. The van der Waals surface area contributed by atoms with Gasteiger partial charge in [0.05, 0.1) is 6.20 Å². The fourth-order valence-electron chi connectivity index (χ4n) is 1.15. The first-order valence-corrected chi connectivity index (χ1v) is 3.30. The van der Waals surface area contributed by atoms with Gasteiger partial charge in [0.15, 0.2) is 0 Å². The highest BCUT2D eigenvalue weighted by Crippen LogP contribution is 2.11. The molecule has 10 heavy (non-hydrogen) atoms. The summed E-state index contributed by atoms with van der Waals surface area (Å²) in [7, 11) is 2.00. The Morgan fingerprint density at radius 3 is 2.90 bits per heavy atom. The summed E-state index contributed by atoms with van der Waals surface area (Å²) in [6.07, 6.45) is 3.09. The van der Waals surface area contributed by atoms with Crippen LogP contribution in [0.1, 0.15) is 0 Å². The summed E-state index contributed by atoms with van der Waals surface area (Å²) >= 11 is 0. The quantitative estimate of drug-likeness (QED) is 0.514. The SMILES string of the molecule is Cn1[c]cc2ccccc21. The number of aromatic nitrogens is 1. The lowest BCUT2D eigenvalue weighted by atomic mass is 10.2. The topological polar surface area (TPSA) is 4.93 Å². The van der Waals surface area contributed by atoms with Crippen molar-refractivity contribution in [3.8, 4) is 0 Å². The Morgan fingerprint density at radius 1 is 1.30 bits per heavy atom. The van der Waals surface area contributed by atoms with Crippen molar-refractivity contribution in [2.75, 3.05) is 0 Å². The van der Waals surface area contributed by atoms with Gasteiger partial charge in [-0.25, -0.2) is 0 Å². The van der Waals surface area contributed by atoms with Crippen molar-refractivity contribution in [3.63, 3.8) is 0 Å². The van der Waals surface area contributed by atoms with Crippen LogP contribution in [0.5, 0.6) is 0 Å². The normalized spacial score (nSPS) is 10.5. The smallest absolute Gasteiger partial charge is 0.0656 e. The summed E-state index contributed by atoms with van der Waals surface area (Å²) in [5.41, 5.74) is 1.24. The van der Waals surface area contributed by atoms with Gasteiger partial charge in [0.2, 0.25) is 0 Å². The molecular weight excluding hydrogens is 122 g/mol. The van der Waals surface area contributed by atoms with E-state index in [1.165, 1.54) is 10.9 Å². The van der Waals surface area contributed by atoms with Crippen molar-refractivity contribution in [1.29, 1.82) is 0 Å². The van der Waals surface area contributed by atoms with Crippen molar-refractivity contribution < 1.29 is 0 Å². The maximum atomic E-state index is 3.09. The molecule has 1 heteroatoms. The molecule has 0 spiro atoms. The molecule has 49 valence electrons. The predicted octanol–water partition coefficient (Wildman–Crippen LogP) is 1.98. The Morgan fingerprint density at radius 2 is 2.10 bits per heavy atom. The molecular formula is C9H8N. The summed E-state index contributed by atoms with van der Waals surface area (Å²) in [5.74, 6) is 0. The minimum atomic E-state index is 1.24. The minimum Gasteiger partial charge on any atom is -0.342 e. The van der Waals surface area contributed by atoms with Gasteiger partial charge >= 0.3 is 0 Å². The van der Waals surface area contributed by atoms with Crippen LogP contribution in [0.25, 0.3) is 10.9 Å². The Bertz CT molecular complexity index is 346. The Hall–Kier alpha value is -1.24. The van der Waals surface area contributed by atoms with E-state index in [1.807, 2.05) is 29.8 Å². The van der Waals surface area contributed by atoms with Crippen molar-refractivity contribution >= 4 is 10.9 Å². The fourth-order valence-corrected chi connectivity index (χ4v) is 1.15. The van der Waals surface area contributed by atoms with Crippen LogP contribution in [0.4, 0.5) is 0 Å². The van der Waals surface area contributed by atoms with Gasteiger partial charge in [-0.1, -0.05) is 18.2 Å². The van der Waals surface area contributed by atoms with Crippen LogP contribution in [0, 0.1) is 6.20 Å². The van der Waals surface area contributed by atoms with Crippen molar-refractivity contribution in [3.05, 3.63) is 36.5 Å². The monoisotopic (exact) mass is 130 g/mol. The van der Waals surface area contributed by atoms with E-state index in [1.54, 1.807) is 0 Å². The number of hydrogen-bond donors (Lipinski definition) is 0. The van der Waals surface area contributed by atoms with Gasteiger partial charge in [-0.05, 0) is 12.1 Å². The zero-order valence-corrected chi connectivity index (χ0v) is 5.83. The summed E-state index contributed by atoms with van der Waals surface area (Å²) in [6, 6.07) is 10.2. The first-order valence-electron chi connectivity index (χ1n) is 3.30. The van der Waals surface area contributed by atoms with E-state index in [9.17, 15) is 0 Å². The number of benzene rings is 1. The van der Waals surface area contributed by atoms with Crippen molar-refractivity contribution in [1.82, 2.24) is 4.57 Å². The molecule has 0 aliphatic rings. The molecule has 1 aromatic carbocycles. The average molecular weight is 130 g/mol. The molecule has 0 saturated carbocycles. The Kier molecular flexibility index (Phi) is 1.04. The van der Waals surface area contributed by atoms with E-state index in [-0.39, 0.29) is 0 Å². The lowest BCUT2D eigenvalue weighted by Crippen LogP contribution is -1.82. The number of para-hydroxylation sites is 1. The van der Waals surface area contributed by atoms with Gasteiger partial charge in [0.25, 0.3) is 0 Å². The molecule has 0 aliphatic heterocycles. The molecule has 1 heterocycles. The molecule has 0 bridgehead atoms. The standard InChI is InChI=1S/C9H8N/c1-10-7-6-8-4-2-3-5-9(8)10/h2-6H,1H3. The maximum Gasteiger partial charge on any atom is 0.0656 e. The van der Waals surface area contributed by atoms with E-state index in [2.05, 4.69) is 18.3 Å². The third kappa shape index (κ3) is 0.637. The number of aryl methyl sites for hydroxylation is 1. The second kappa shape index (κ2) is 1.87. The highest BCUT2D eigenvalue weighted by atomic mass is 14.9. The van der Waals surface area contributed by atoms with Gasteiger partial charge in [0, 0.05) is 18.0 Å². The average Bonchev–Trinajstić information content (AvgIpc) is 2.34. The van der Waals surface area contributed by atoms with E-state index in [0.717, 1.165) is 0 Å². The molecule has 0 fully saturated rings. The molecule has 2 rings (SSSR count). The highest BCUT2D eigenvalue weighted by Gasteiger charge is 1.92. The lowest BCUT2D eigenvalue weighted by Gasteiger charge is -1.91. The first kappa shape index (κ1) is 5.54. The highest BCUT2D eigenvalue weighted by molar-refractivity contribution is 5.79. The van der Waals surface area contributed by atoms with Crippen LogP contribution in [0.2, 0.25) is 0 Å². The van der Waals surface area contributed by atoms with Gasteiger partial charge < -0.3 is 4.57 Å². The van der Waals surface area contributed by atoms with Crippen LogP contribution >= 0.6 is 0 Å². The third-order valence-corrected chi connectivity index (χ3v) is 1.71. The second-order valence-corrected chi connectivity index (χ2v) is 2.39. The maximum absolute atomic E-state index is 3.09. The largest absolute Gasteiger partial charge is 0.342 e. The second-order valence-electron chi connectivity index (χ2n) is 2.39. The summed E-state index contributed by atoms with van der Waals surface area (Å²) in [4.78, 5) is 0. The molecule has 0 unspecified atom stereocenters. The van der Waals surface area contributed by atoms with Gasteiger partial charge in [-0.3, -0.25) is 0 Å². The van der Waals surface area contributed by atoms with Crippen LogP contribution < -0.4 is 0 Å². The van der Waals surface area contributed by atoms with Gasteiger partial charge in [-0.15, -0.1) is 0 Å². The number of fused-ring (bicyclic) bond motifs is 1. The zero-order valence-electron chi connectivity index (χ0n) is 5.83. The van der Waals surface area contributed by atoms with Gasteiger partial charge in [-0.2, -0.15) is 0 Å². The minimum absolute atomic E-state index is 1.24. The molecule has 2 aromatic rings. The molecule has 1 radical (unpaired) electrons. The van der Waals surface area contributed by atoms with E-state index in [0.29, 0.717) is 0 Å². The van der Waals surface area contributed by atoms with Crippen LogP contribution in [-0.2, 0) is 7.05 Å². The van der Waals surface area contributed by atoms with Crippen molar-refractivity contribution in [2.24, 2.45) is 7.05 Å². The van der Waals surface area contributed by atoms with Crippen LogP contribution in [0.15, 0.2) is 30.3 Å². The fraction of sp³-hybridized carbons (Fsp3) is 0.111. The van der Waals surface area contributed by atoms with E-state index in [4.69, 9.17) is 0 Å². The number of hydrogen-bond acceptors (Lipinski definition) is 0. The van der Waals surface area contributed by atoms with E-state index < -0.39 is 0 Å². The Labute approximate surface area is 59.9 Å². The molecule has 0 amide bonds. The summed E-state index contributed by atoms with van der Waals surface area (Å²) in [5, 5.41) is 1.25. The Balaban J connectivity index is 2.93. The summed E-state index contributed by atoms with van der Waals surface area (Å²) < 4.78 is 2.00.